The van der Waals surface area contributed by atoms with E-state index in [1.807, 2.05) is 24.3 Å². The zero-order valence-corrected chi connectivity index (χ0v) is 15.9. The minimum Gasteiger partial charge on any atom is -0.356 e. The number of rotatable bonds is 5. The molecule has 25 heavy (non-hydrogen) atoms. The highest BCUT2D eigenvalue weighted by atomic mass is 16.2. The molecule has 1 aromatic carbocycles. The van der Waals surface area contributed by atoms with E-state index in [0.717, 1.165) is 18.1 Å². The van der Waals surface area contributed by atoms with Crippen molar-refractivity contribution in [3.8, 4) is 0 Å². The summed E-state index contributed by atoms with van der Waals surface area (Å²) in [4.78, 5) is 20.2. The van der Waals surface area contributed by atoms with Gasteiger partial charge in [0.1, 0.15) is 0 Å². The maximum atomic E-state index is 11.9. The van der Waals surface area contributed by atoms with Crippen molar-refractivity contribution in [1.82, 2.24) is 20.4 Å². The zero-order chi connectivity index (χ0) is 18.2. The molecule has 0 bridgehead atoms. The molecular formula is C19H31N5O. The standard InChI is InChI=1S/C19H31N5O/c1-20-19(22-14-16-9-11-24(4)12-10-16)21-13-15-5-7-17(8-6-15)18(25)23(2)3/h5-8,16H,9-14H2,1-4H3,(H2,20,21,22). The van der Waals surface area contributed by atoms with E-state index < -0.39 is 0 Å². The molecular weight excluding hydrogens is 314 g/mol. The van der Waals surface area contributed by atoms with E-state index in [2.05, 4.69) is 27.6 Å². The van der Waals surface area contributed by atoms with Gasteiger partial charge < -0.3 is 20.4 Å². The molecule has 1 saturated heterocycles. The Hall–Kier alpha value is -2.08. The summed E-state index contributed by atoms with van der Waals surface area (Å²) in [5.41, 5.74) is 1.83. The average Bonchev–Trinajstić information content (AvgIpc) is 2.63. The van der Waals surface area contributed by atoms with Crippen LogP contribution in [0.1, 0.15) is 28.8 Å². The monoisotopic (exact) mass is 345 g/mol. The number of hydrogen-bond donors (Lipinski definition) is 2. The summed E-state index contributed by atoms with van der Waals surface area (Å²) >= 11 is 0. The van der Waals surface area contributed by atoms with Gasteiger partial charge in [-0.3, -0.25) is 9.79 Å². The summed E-state index contributed by atoms with van der Waals surface area (Å²) in [6, 6.07) is 7.70. The highest BCUT2D eigenvalue weighted by Gasteiger charge is 2.16. The third-order valence-electron chi connectivity index (χ3n) is 4.69. The molecule has 0 radical (unpaired) electrons. The summed E-state index contributed by atoms with van der Waals surface area (Å²) in [6.07, 6.45) is 2.48. The Morgan fingerprint density at radius 1 is 1.20 bits per heavy atom. The molecule has 2 N–H and O–H groups in total. The lowest BCUT2D eigenvalue weighted by Crippen LogP contribution is -2.42. The Balaban J connectivity index is 1.77. The minimum atomic E-state index is 0.0233. The van der Waals surface area contributed by atoms with Crippen molar-refractivity contribution in [3.63, 3.8) is 0 Å². The van der Waals surface area contributed by atoms with E-state index in [1.54, 1.807) is 26.0 Å². The van der Waals surface area contributed by atoms with Crippen LogP contribution in [0.4, 0.5) is 0 Å². The number of carbonyl (C=O) groups excluding carboxylic acids is 1. The molecule has 1 aromatic rings. The van der Waals surface area contributed by atoms with Crippen LogP contribution in [0.15, 0.2) is 29.3 Å². The maximum Gasteiger partial charge on any atom is 0.253 e. The van der Waals surface area contributed by atoms with Gasteiger partial charge in [0.25, 0.3) is 5.91 Å². The van der Waals surface area contributed by atoms with E-state index in [-0.39, 0.29) is 5.91 Å². The first kappa shape index (κ1) is 19.2. The van der Waals surface area contributed by atoms with Crippen LogP contribution in [0.3, 0.4) is 0 Å². The topological polar surface area (TPSA) is 60.0 Å². The second-order valence-corrected chi connectivity index (χ2v) is 6.95. The Morgan fingerprint density at radius 3 is 2.40 bits per heavy atom. The van der Waals surface area contributed by atoms with Gasteiger partial charge in [-0.15, -0.1) is 0 Å². The lowest BCUT2D eigenvalue weighted by atomic mass is 9.97. The van der Waals surface area contributed by atoms with Gasteiger partial charge in [0.05, 0.1) is 0 Å². The van der Waals surface area contributed by atoms with Gasteiger partial charge in [0.15, 0.2) is 5.96 Å². The fraction of sp³-hybridized carbons (Fsp3) is 0.579. The maximum absolute atomic E-state index is 11.9. The van der Waals surface area contributed by atoms with Gasteiger partial charge in [0, 0.05) is 39.8 Å². The number of nitrogens with zero attached hydrogens (tertiary/aromatic N) is 3. The summed E-state index contributed by atoms with van der Waals surface area (Å²) in [7, 11) is 7.50. The molecule has 1 amide bonds. The summed E-state index contributed by atoms with van der Waals surface area (Å²) in [5, 5.41) is 6.77. The number of hydrogen-bond acceptors (Lipinski definition) is 3. The van der Waals surface area contributed by atoms with E-state index in [1.165, 1.54) is 25.9 Å². The molecule has 0 atom stereocenters. The number of guanidine groups is 1. The van der Waals surface area contributed by atoms with Crippen molar-refractivity contribution in [2.75, 3.05) is 47.8 Å². The van der Waals surface area contributed by atoms with Crippen LogP contribution in [0.2, 0.25) is 0 Å². The van der Waals surface area contributed by atoms with Gasteiger partial charge in [0.2, 0.25) is 0 Å². The predicted octanol–water partition coefficient (Wildman–Crippen LogP) is 1.40. The Kier molecular flexibility index (Phi) is 7.25. The fourth-order valence-corrected chi connectivity index (χ4v) is 2.94. The van der Waals surface area contributed by atoms with Crippen LogP contribution < -0.4 is 10.6 Å². The first-order chi connectivity index (χ1) is 12.0. The van der Waals surface area contributed by atoms with Crippen molar-refractivity contribution in [1.29, 1.82) is 0 Å². The Labute approximate surface area is 151 Å². The van der Waals surface area contributed by atoms with Gasteiger partial charge >= 0.3 is 0 Å². The Morgan fingerprint density at radius 2 is 1.84 bits per heavy atom. The average molecular weight is 345 g/mol. The normalized spacial score (nSPS) is 16.6. The van der Waals surface area contributed by atoms with Crippen LogP contribution in [0.5, 0.6) is 0 Å². The second kappa shape index (κ2) is 9.42. The van der Waals surface area contributed by atoms with Crippen LogP contribution >= 0.6 is 0 Å². The molecule has 0 aromatic heterocycles. The number of aliphatic imine (C=N–C) groups is 1. The van der Waals surface area contributed by atoms with Gasteiger partial charge in [-0.25, -0.2) is 0 Å². The number of amides is 1. The lowest BCUT2D eigenvalue weighted by Gasteiger charge is -2.29. The van der Waals surface area contributed by atoms with Crippen molar-refractivity contribution >= 4 is 11.9 Å². The molecule has 6 nitrogen and oxygen atoms in total. The lowest BCUT2D eigenvalue weighted by molar-refractivity contribution is 0.0827. The molecule has 2 rings (SSSR count). The minimum absolute atomic E-state index is 0.0233. The molecule has 1 heterocycles. The first-order valence-corrected chi connectivity index (χ1v) is 8.93. The summed E-state index contributed by atoms with van der Waals surface area (Å²) < 4.78 is 0. The van der Waals surface area contributed by atoms with E-state index in [0.29, 0.717) is 18.0 Å². The van der Waals surface area contributed by atoms with E-state index in [4.69, 9.17) is 0 Å². The smallest absolute Gasteiger partial charge is 0.253 e. The van der Waals surface area contributed by atoms with Crippen molar-refractivity contribution in [2.45, 2.75) is 19.4 Å². The van der Waals surface area contributed by atoms with Crippen molar-refractivity contribution < 1.29 is 4.79 Å². The number of piperidine rings is 1. The van der Waals surface area contributed by atoms with Gasteiger partial charge in [-0.1, -0.05) is 12.1 Å². The zero-order valence-electron chi connectivity index (χ0n) is 15.9. The largest absolute Gasteiger partial charge is 0.356 e. The summed E-state index contributed by atoms with van der Waals surface area (Å²) in [5.74, 6) is 1.56. The van der Waals surface area contributed by atoms with Crippen molar-refractivity contribution in [3.05, 3.63) is 35.4 Å². The summed E-state index contributed by atoms with van der Waals surface area (Å²) in [6.45, 7) is 4.00. The van der Waals surface area contributed by atoms with Crippen LogP contribution in [0, 0.1) is 5.92 Å². The quantitative estimate of drug-likeness (QED) is 0.625. The van der Waals surface area contributed by atoms with Crippen molar-refractivity contribution in [2.24, 2.45) is 10.9 Å². The highest BCUT2D eigenvalue weighted by molar-refractivity contribution is 5.93. The van der Waals surface area contributed by atoms with E-state index in [9.17, 15) is 4.79 Å². The number of carbonyl (C=O) groups is 1. The first-order valence-electron chi connectivity index (χ1n) is 8.93. The third-order valence-corrected chi connectivity index (χ3v) is 4.69. The van der Waals surface area contributed by atoms with Crippen LogP contribution in [0.25, 0.3) is 0 Å². The molecule has 1 aliphatic rings. The number of nitrogens with one attached hydrogen (secondary N) is 2. The fourth-order valence-electron chi connectivity index (χ4n) is 2.94. The molecule has 0 saturated carbocycles. The molecule has 138 valence electrons. The third kappa shape index (κ3) is 6.05. The SMILES string of the molecule is CN=C(NCc1ccc(C(=O)N(C)C)cc1)NCC1CCN(C)CC1. The number of benzene rings is 1. The van der Waals surface area contributed by atoms with Crippen LogP contribution in [-0.4, -0.2) is 69.5 Å². The highest BCUT2D eigenvalue weighted by Crippen LogP contribution is 2.14. The molecule has 1 fully saturated rings. The predicted molar refractivity (Wildman–Crippen MR) is 103 cm³/mol. The Bertz CT molecular complexity index is 574. The van der Waals surface area contributed by atoms with Gasteiger partial charge in [-0.2, -0.15) is 0 Å². The van der Waals surface area contributed by atoms with E-state index >= 15 is 0 Å². The molecule has 6 heteroatoms. The second-order valence-electron chi connectivity index (χ2n) is 6.95. The molecule has 0 aliphatic carbocycles. The number of likely N-dealkylation sites (tertiary alicyclic amines) is 1. The van der Waals surface area contributed by atoms with Crippen LogP contribution in [-0.2, 0) is 6.54 Å². The molecule has 1 aliphatic heterocycles. The molecule has 0 unspecified atom stereocenters. The molecule has 0 spiro atoms. The van der Waals surface area contributed by atoms with Gasteiger partial charge in [-0.05, 0) is 56.6 Å².